The third kappa shape index (κ3) is 1.66. The van der Waals surface area contributed by atoms with Gasteiger partial charge in [0, 0.05) is 6.04 Å². The lowest BCUT2D eigenvalue weighted by Crippen LogP contribution is -2.42. The average Bonchev–Trinajstić information content (AvgIpc) is 2.59. The summed E-state index contributed by atoms with van der Waals surface area (Å²) in [6, 6.07) is 6.65. The minimum absolute atomic E-state index is 0.167. The summed E-state index contributed by atoms with van der Waals surface area (Å²) in [5, 5.41) is 0. The molecule has 1 amide bonds. The molecule has 2 nitrogen and oxygen atoms in total. The third-order valence-electron chi connectivity index (χ3n) is 3.65. The highest BCUT2D eigenvalue weighted by Gasteiger charge is 2.37. The maximum Gasteiger partial charge on any atom is 0.257 e. The van der Waals surface area contributed by atoms with E-state index in [2.05, 4.69) is 12.2 Å². The van der Waals surface area contributed by atoms with Crippen LogP contribution in [0, 0.1) is 5.82 Å². The molecule has 2 unspecified atom stereocenters. The summed E-state index contributed by atoms with van der Waals surface area (Å²) in [6.45, 7) is 0. The highest BCUT2D eigenvalue weighted by Crippen LogP contribution is 2.33. The fraction of sp³-hybridized carbons (Fsp3) is 0.357. The highest BCUT2D eigenvalue weighted by molar-refractivity contribution is 5.95. The number of fused-ring (bicyclic) bond motifs is 2. The van der Waals surface area contributed by atoms with E-state index in [-0.39, 0.29) is 23.6 Å². The van der Waals surface area contributed by atoms with Crippen LogP contribution in [0.5, 0.6) is 0 Å². The molecule has 0 spiro atoms. The Hall–Kier alpha value is -1.64. The summed E-state index contributed by atoms with van der Waals surface area (Å²) in [7, 11) is 0. The van der Waals surface area contributed by atoms with Crippen LogP contribution < -0.4 is 0 Å². The van der Waals surface area contributed by atoms with Gasteiger partial charge in [0.05, 0.1) is 11.6 Å². The SMILES string of the molecule is O=C(c1ccccc1F)N1C2C=CCC1CC2. The molecule has 3 heteroatoms. The first kappa shape index (κ1) is 10.5. The summed E-state index contributed by atoms with van der Waals surface area (Å²) in [4.78, 5) is 14.2. The molecule has 1 aromatic rings. The number of nitrogens with zero attached hydrogens (tertiary/aromatic N) is 1. The lowest BCUT2D eigenvalue weighted by molar-refractivity contribution is 0.0684. The van der Waals surface area contributed by atoms with Crippen LogP contribution in [-0.2, 0) is 0 Å². The van der Waals surface area contributed by atoms with E-state index < -0.39 is 5.82 Å². The van der Waals surface area contributed by atoms with Gasteiger partial charge < -0.3 is 4.90 Å². The topological polar surface area (TPSA) is 20.3 Å². The van der Waals surface area contributed by atoms with Crippen LogP contribution in [0.3, 0.4) is 0 Å². The van der Waals surface area contributed by atoms with Gasteiger partial charge in [0.2, 0.25) is 0 Å². The Morgan fingerprint density at radius 1 is 1.29 bits per heavy atom. The van der Waals surface area contributed by atoms with Gasteiger partial charge in [-0.15, -0.1) is 0 Å². The van der Waals surface area contributed by atoms with Crippen LogP contribution in [-0.4, -0.2) is 22.9 Å². The highest BCUT2D eigenvalue weighted by atomic mass is 19.1. The normalized spacial score (nSPS) is 26.3. The number of hydrogen-bond donors (Lipinski definition) is 0. The lowest BCUT2D eigenvalue weighted by Gasteiger charge is -2.31. The molecule has 2 atom stereocenters. The molecule has 3 rings (SSSR count). The van der Waals surface area contributed by atoms with Crippen LogP contribution in [0.25, 0.3) is 0 Å². The average molecular weight is 231 g/mol. The third-order valence-corrected chi connectivity index (χ3v) is 3.65. The van der Waals surface area contributed by atoms with E-state index in [1.807, 2.05) is 4.90 Å². The molecule has 2 heterocycles. The summed E-state index contributed by atoms with van der Waals surface area (Å²) in [6.07, 6.45) is 7.13. The molecule has 0 aromatic heterocycles. The van der Waals surface area contributed by atoms with E-state index in [9.17, 15) is 9.18 Å². The van der Waals surface area contributed by atoms with Gasteiger partial charge in [-0.3, -0.25) is 4.79 Å². The van der Waals surface area contributed by atoms with Crippen LogP contribution in [0.1, 0.15) is 29.6 Å². The van der Waals surface area contributed by atoms with Crippen molar-refractivity contribution in [2.75, 3.05) is 0 Å². The van der Waals surface area contributed by atoms with E-state index >= 15 is 0 Å². The molecule has 1 fully saturated rings. The standard InChI is InChI=1S/C14H14FNO/c15-13-7-2-1-6-12(13)14(17)16-10-4-3-5-11(16)9-8-10/h1-4,6-7,10-11H,5,8-9H2. The minimum Gasteiger partial charge on any atom is -0.329 e. The molecular weight excluding hydrogens is 217 g/mol. The van der Waals surface area contributed by atoms with Gasteiger partial charge in [-0.1, -0.05) is 24.3 Å². The predicted octanol–water partition coefficient (Wildman–Crippen LogP) is 2.76. The van der Waals surface area contributed by atoms with E-state index in [0.717, 1.165) is 19.3 Å². The monoisotopic (exact) mass is 231 g/mol. The number of benzene rings is 1. The van der Waals surface area contributed by atoms with Gasteiger partial charge in [0.1, 0.15) is 5.82 Å². The zero-order valence-electron chi connectivity index (χ0n) is 9.47. The van der Waals surface area contributed by atoms with Crippen molar-refractivity contribution in [1.29, 1.82) is 0 Å². The Kier molecular flexibility index (Phi) is 2.46. The van der Waals surface area contributed by atoms with Crippen LogP contribution >= 0.6 is 0 Å². The predicted molar refractivity (Wildman–Crippen MR) is 63.1 cm³/mol. The first-order chi connectivity index (χ1) is 8.27. The smallest absolute Gasteiger partial charge is 0.257 e. The van der Waals surface area contributed by atoms with Crippen molar-refractivity contribution in [3.8, 4) is 0 Å². The van der Waals surface area contributed by atoms with Crippen molar-refractivity contribution in [2.24, 2.45) is 0 Å². The van der Waals surface area contributed by atoms with Gasteiger partial charge in [-0.05, 0) is 31.4 Å². The second kappa shape index (κ2) is 3.99. The number of rotatable bonds is 1. The van der Waals surface area contributed by atoms with Crippen LogP contribution in [0.15, 0.2) is 36.4 Å². The Labute approximate surface area is 99.7 Å². The van der Waals surface area contributed by atoms with Crippen LogP contribution in [0.4, 0.5) is 4.39 Å². The molecular formula is C14H14FNO. The fourth-order valence-electron chi connectivity index (χ4n) is 2.82. The maximum absolute atomic E-state index is 13.6. The molecule has 2 aliphatic rings. The first-order valence-corrected chi connectivity index (χ1v) is 6.01. The molecule has 17 heavy (non-hydrogen) atoms. The van der Waals surface area contributed by atoms with Crippen molar-refractivity contribution in [3.63, 3.8) is 0 Å². The van der Waals surface area contributed by atoms with E-state index in [1.54, 1.807) is 18.2 Å². The van der Waals surface area contributed by atoms with Crippen molar-refractivity contribution in [3.05, 3.63) is 47.8 Å². The molecule has 2 bridgehead atoms. The Balaban J connectivity index is 1.93. The van der Waals surface area contributed by atoms with E-state index in [4.69, 9.17) is 0 Å². The lowest BCUT2D eigenvalue weighted by atomic mass is 10.1. The maximum atomic E-state index is 13.6. The first-order valence-electron chi connectivity index (χ1n) is 6.01. The number of amides is 1. The van der Waals surface area contributed by atoms with Gasteiger partial charge in [0.25, 0.3) is 5.91 Å². The second-order valence-electron chi connectivity index (χ2n) is 4.65. The fourth-order valence-corrected chi connectivity index (χ4v) is 2.82. The van der Waals surface area contributed by atoms with Crippen molar-refractivity contribution < 1.29 is 9.18 Å². The molecule has 2 aliphatic heterocycles. The zero-order chi connectivity index (χ0) is 11.8. The van der Waals surface area contributed by atoms with Gasteiger partial charge in [0.15, 0.2) is 0 Å². The molecule has 0 aliphatic carbocycles. The van der Waals surface area contributed by atoms with E-state index in [0.29, 0.717) is 0 Å². The van der Waals surface area contributed by atoms with Gasteiger partial charge >= 0.3 is 0 Å². The van der Waals surface area contributed by atoms with Crippen molar-refractivity contribution >= 4 is 5.91 Å². The summed E-state index contributed by atoms with van der Waals surface area (Å²) >= 11 is 0. The molecule has 0 N–H and O–H groups in total. The number of halogens is 1. The van der Waals surface area contributed by atoms with Crippen LogP contribution in [0.2, 0.25) is 0 Å². The molecule has 0 saturated carbocycles. The summed E-state index contributed by atoms with van der Waals surface area (Å²) in [5.74, 6) is -0.591. The Morgan fingerprint density at radius 3 is 2.88 bits per heavy atom. The minimum atomic E-state index is -0.425. The quantitative estimate of drug-likeness (QED) is 0.680. The molecule has 1 aromatic carbocycles. The zero-order valence-corrected chi connectivity index (χ0v) is 9.47. The Bertz CT molecular complexity index is 483. The van der Waals surface area contributed by atoms with Gasteiger partial charge in [-0.25, -0.2) is 4.39 Å². The van der Waals surface area contributed by atoms with Crippen molar-refractivity contribution in [2.45, 2.75) is 31.3 Å². The summed E-state index contributed by atoms with van der Waals surface area (Å²) in [5.41, 5.74) is 0.194. The number of carbonyl (C=O) groups is 1. The van der Waals surface area contributed by atoms with Gasteiger partial charge in [-0.2, -0.15) is 0 Å². The molecule has 1 saturated heterocycles. The Morgan fingerprint density at radius 2 is 2.12 bits per heavy atom. The largest absolute Gasteiger partial charge is 0.329 e. The molecule has 0 radical (unpaired) electrons. The van der Waals surface area contributed by atoms with E-state index in [1.165, 1.54) is 6.07 Å². The number of carbonyl (C=O) groups excluding carboxylic acids is 1. The number of hydrogen-bond acceptors (Lipinski definition) is 1. The summed E-state index contributed by atoms with van der Waals surface area (Å²) < 4.78 is 13.6. The van der Waals surface area contributed by atoms with Crippen molar-refractivity contribution in [1.82, 2.24) is 4.90 Å². The second-order valence-corrected chi connectivity index (χ2v) is 4.65. The molecule has 88 valence electrons.